The molecule has 0 aliphatic carbocycles. The normalized spacial score (nSPS) is 9.07. The quantitative estimate of drug-likeness (QED) is 0.383. The molecule has 1 amide bonds. The Balaban J connectivity index is 2.16. The summed E-state index contributed by atoms with van der Waals surface area (Å²) in [4.78, 5) is 9.94. The van der Waals surface area contributed by atoms with Crippen LogP contribution in [-0.2, 0) is 11.2 Å². The summed E-state index contributed by atoms with van der Waals surface area (Å²) in [7, 11) is 0. The number of carbonyl (C=O) groups is 1. The molecule has 0 aliphatic rings. The van der Waals surface area contributed by atoms with Gasteiger partial charge in [-0.3, -0.25) is 15.6 Å². The highest BCUT2D eigenvalue weighted by atomic mass is 32.1. The molecule has 0 aliphatic heterocycles. The average molecular weight is 223 g/mol. The van der Waals surface area contributed by atoms with Crippen molar-refractivity contribution in [3.05, 3.63) is 35.9 Å². The largest absolute Gasteiger partial charge is 0.361 e. The Bertz CT molecular complexity index is 316. The summed E-state index contributed by atoms with van der Waals surface area (Å²) in [5, 5.41) is 3.38. The van der Waals surface area contributed by atoms with Gasteiger partial charge in [-0.05, 0) is 24.2 Å². The van der Waals surface area contributed by atoms with E-state index >= 15 is 0 Å². The number of amides is 1. The highest BCUT2D eigenvalue weighted by Crippen LogP contribution is 1.97. The summed E-state index contributed by atoms with van der Waals surface area (Å²) in [6.07, 6.45) is 1.43. The van der Waals surface area contributed by atoms with E-state index in [-0.39, 0.29) is 0 Å². The Hall–Kier alpha value is -1.62. The zero-order chi connectivity index (χ0) is 10.9. The van der Waals surface area contributed by atoms with E-state index in [2.05, 4.69) is 28.3 Å². The molecule has 15 heavy (non-hydrogen) atoms. The predicted octanol–water partition coefficient (Wildman–Crippen LogP) is 0.354. The van der Waals surface area contributed by atoms with Gasteiger partial charge in [-0.2, -0.15) is 0 Å². The van der Waals surface area contributed by atoms with Crippen LogP contribution in [0.15, 0.2) is 30.3 Å². The summed E-state index contributed by atoms with van der Waals surface area (Å²) in [5.74, 6) is 0. The van der Waals surface area contributed by atoms with Crippen molar-refractivity contribution in [1.82, 2.24) is 16.2 Å². The molecule has 80 valence electrons. The second-order valence-electron chi connectivity index (χ2n) is 2.88. The summed E-state index contributed by atoms with van der Waals surface area (Å²) in [6, 6.07) is 10.1. The average Bonchev–Trinajstić information content (AvgIpc) is 2.28. The molecule has 0 saturated carbocycles. The highest BCUT2D eigenvalue weighted by molar-refractivity contribution is 7.80. The first-order valence-electron chi connectivity index (χ1n) is 4.60. The molecule has 0 saturated heterocycles. The Kier molecular flexibility index (Phi) is 5.18. The fourth-order valence-corrected chi connectivity index (χ4v) is 1.27. The molecule has 3 N–H and O–H groups in total. The van der Waals surface area contributed by atoms with E-state index in [0.717, 1.165) is 13.0 Å². The number of nitrogens with one attached hydrogen (secondary N) is 3. The number of benzene rings is 1. The molecule has 0 aromatic heterocycles. The van der Waals surface area contributed by atoms with Crippen LogP contribution in [0.1, 0.15) is 5.56 Å². The molecule has 1 aromatic rings. The molecule has 0 atom stereocenters. The summed E-state index contributed by atoms with van der Waals surface area (Å²) in [6.45, 7) is 0.733. The monoisotopic (exact) mass is 223 g/mol. The lowest BCUT2D eigenvalue weighted by atomic mass is 10.1. The van der Waals surface area contributed by atoms with Crippen LogP contribution in [0.2, 0.25) is 0 Å². The number of rotatable bonds is 5. The van der Waals surface area contributed by atoms with Crippen molar-refractivity contribution < 1.29 is 4.79 Å². The van der Waals surface area contributed by atoms with Crippen molar-refractivity contribution >= 4 is 23.7 Å². The molecular weight excluding hydrogens is 210 g/mol. The minimum atomic E-state index is 0.415. The van der Waals surface area contributed by atoms with Crippen molar-refractivity contribution in [2.24, 2.45) is 0 Å². The van der Waals surface area contributed by atoms with Gasteiger partial charge in [0, 0.05) is 6.54 Å². The van der Waals surface area contributed by atoms with Gasteiger partial charge < -0.3 is 5.32 Å². The predicted molar refractivity (Wildman–Crippen MR) is 63.1 cm³/mol. The van der Waals surface area contributed by atoms with Gasteiger partial charge in [0.25, 0.3) is 0 Å². The van der Waals surface area contributed by atoms with Crippen molar-refractivity contribution in [3.63, 3.8) is 0 Å². The van der Waals surface area contributed by atoms with Crippen LogP contribution in [0.5, 0.6) is 0 Å². The molecule has 1 rings (SSSR count). The maximum atomic E-state index is 9.94. The Labute approximate surface area is 94.0 Å². The number of hydrogen-bond acceptors (Lipinski definition) is 2. The standard InChI is InChI=1S/C10H13N3OS/c14-8-12-13-10(15)11-7-6-9-4-2-1-3-5-9/h1-5,8H,6-7H2,(H,12,14)(H2,11,13,15). The Morgan fingerprint density at radius 3 is 2.73 bits per heavy atom. The number of hydrazine groups is 1. The second-order valence-corrected chi connectivity index (χ2v) is 3.29. The smallest absolute Gasteiger partial charge is 0.225 e. The highest BCUT2D eigenvalue weighted by Gasteiger charge is 1.94. The number of thiocarbonyl (C=S) groups is 1. The van der Waals surface area contributed by atoms with Crippen molar-refractivity contribution in [2.45, 2.75) is 6.42 Å². The van der Waals surface area contributed by atoms with Gasteiger partial charge in [0.1, 0.15) is 0 Å². The molecule has 0 spiro atoms. The molecule has 0 bridgehead atoms. The Morgan fingerprint density at radius 2 is 2.07 bits per heavy atom. The van der Waals surface area contributed by atoms with E-state index < -0.39 is 0 Å². The molecule has 4 nitrogen and oxygen atoms in total. The Morgan fingerprint density at radius 1 is 1.33 bits per heavy atom. The van der Waals surface area contributed by atoms with Crippen LogP contribution in [0, 0.1) is 0 Å². The third kappa shape index (κ3) is 4.97. The molecule has 0 radical (unpaired) electrons. The molecule has 5 heteroatoms. The van der Waals surface area contributed by atoms with Gasteiger partial charge in [0.15, 0.2) is 5.11 Å². The lowest BCUT2D eigenvalue weighted by molar-refractivity contribution is -0.110. The lowest BCUT2D eigenvalue weighted by Crippen LogP contribution is -2.43. The van der Waals surface area contributed by atoms with E-state index in [0.29, 0.717) is 11.5 Å². The third-order valence-electron chi connectivity index (χ3n) is 1.79. The van der Waals surface area contributed by atoms with Gasteiger partial charge in [-0.15, -0.1) is 0 Å². The fraction of sp³-hybridized carbons (Fsp3) is 0.200. The zero-order valence-corrected chi connectivity index (χ0v) is 9.01. The van der Waals surface area contributed by atoms with Crippen molar-refractivity contribution in [1.29, 1.82) is 0 Å². The van der Waals surface area contributed by atoms with Crippen LogP contribution < -0.4 is 16.2 Å². The fourth-order valence-electron chi connectivity index (χ4n) is 1.10. The third-order valence-corrected chi connectivity index (χ3v) is 2.03. The molecule has 0 fully saturated rings. The second kappa shape index (κ2) is 6.78. The van der Waals surface area contributed by atoms with E-state index in [4.69, 9.17) is 12.2 Å². The van der Waals surface area contributed by atoms with Crippen molar-refractivity contribution in [3.8, 4) is 0 Å². The first-order valence-corrected chi connectivity index (χ1v) is 5.00. The van der Waals surface area contributed by atoms with Gasteiger partial charge >= 0.3 is 0 Å². The lowest BCUT2D eigenvalue weighted by Gasteiger charge is -2.08. The minimum Gasteiger partial charge on any atom is -0.361 e. The van der Waals surface area contributed by atoms with E-state index in [1.807, 2.05) is 18.2 Å². The van der Waals surface area contributed by atoms with Gasteiger partial charge in [0.05, 0.1) is 0 Å². The molecule has 0 heterocycles. The summed E-state index contributed by atoms with van der Waals surface area (Å²) in [5.41, 5.74) is 6.03. The van der Waals surface area contributed by atoms with Crippen LogP contribution in [0.25, 0.3) is 0 Å². The van der Waals surface area contributed by atoms with Gasteiger partial charge in [-0.1, -0.05) is 30.3 Å². The minimum absolute atomic E-state index is 0.415. The SMILES string of the molecule is O=CNNC(=S)NCCc1ccccc1. The van der Waals surface area contributed by atoms with Crippen LogP contribution in [0.3, 0.4) is 0 Å². The van der Waals surface area contributed by atoms with Gasteiger partial charge in [0.2, 0.25) is 6.41 Å². The maximum Gasteiger partial charge on any atom is 0.225 e. The first-order chi connectivity index (χ1) is 7.33. The van der Waals surface area contributed by atoms with E-state index in [1.165, 1.54) is 5.56 Å². The van der Waals surface area contributed by atoms with Crippen molar-refractivity contribution in [2.75, 3.05) is 6.54 Å². The van der Waals surface area contributed by atoms with E-state index in [1.54, 1.807) is 0 Å². The summed E-state index contributed by atoms with van der Waals surface area (Å²) < 4.78 is 0. The number of carbonyl (C=O) groups excluding carboxylic acids is 1. The van der Waals surface area contributed by atoms with Crippen LogP contribution in [-0.4, -0.2) is 18.1 Å². The van der Waals surface area contributed by atoms with E-state index in [9.17, 15) is 4.79 Å². The zero-order valence-electron chi connectivity index (χ0n) is 8.19. The molecular formula is C10H13N3OS. The molecule has 1 aromatic carbocycles. The topological polar surface area (TPSA) is 53.2 Å². The van der Waals surface area contributed by atoms with Crippen LogP contribution in [0.4, 0.5) is 0 Å². The molecule has 0 unspecified atom stereocenters. The van der Waals surface area contributed by atoms with Gasteiger partial charge in [-0.25, -0.2) is 0 Å². The first kappa shape index (κ1) is 11.5. The van der Waals surface area contributed by atoms with Crippen LogP contribution >= 0.6 is 12.2 Å². The summed E-state index contributed by atoms with van der Waals surface area (Å²) >= 11 is 4.89. The number of hydrogen-bond donors (Lipinski definition) is 3. The maximum absolute atomic E-state index is 9.94.